The van der Waals surface area contributed by atoms with Gasteiger partial charge in [0.25, 0.3) is 0 Å². The van der Waals surface area contributed by atoms with Crippen LogP contribution in [0.4, 0.5) is 0 Å². The first kappa shape index (κ1) is 32.7. The molecule has 268 valence electrons. The molecule has 0 atom stereocenters. The van der Waals surface area contributed by atoms with E-state index in [0.29, 0.717) is 58.0 Å². The Morgan fingerprint density at radius 1 is 0.429 bits per heavy atom. The van der Waals surface area contributed by atoms with Crippen molar-refractivity contribution in [2.24, 2.45) is 0 Å². The second-order valence-electron chi connectivity index (χ2n) is 12.8. The van der Waals surface area contributed by atoms with Gasteiger partial charge in [0.2, 0.25) is 17.7 Å². The van der Waals surface area contributed by atoms with Crippen LogP contribution in [0.15, 0.2) is 181 Å². The minimum absolute atomic E-state index is 0.468. The number of para-hydroxylation sites is 1. The van der Waals surface area contributed by atoms with Gasteiger partial charge in [-0.25, -0.2) is 19.9 Å². The van der Waals surface area contributed by atoms with Crippen LogP contribution in [0.5, 0.6) is 46.3 Å². The highest BCUT2D eigenvalue weighted by Gasteiger charge is 2.18. The second-order valence-corrected chi connectivity index (χ2v) is 12.8. The lowest BCUT2D eigenvalue weighted by Gasteiger charge is -2.11. The van der Waals surface area contributed by atoms with E-state index in [4.69, 9.17) is 33.3 Å². The minimum Gasteiger partial charge on any atom is -0.457 e. The first-order valence-corrected chi connectivity index (χ1v) is 17.8. The molecule has 10 nitrogen and oxygen atoms in total. The fraction of sp³-hybridized carbons (Fsp3) is 0. The van der Waals surface area contributed by atoms with Crippen molar-refractivity contribution in [3.63, 3.8) is 0 Å². The predicted octanol–water partition coefficient (Wildman–Crippen LogP) is 11.9. The largest absolute Gasteiger partial charge is 0.457 e. The minimum atomic E-state index is 0.468. The van der Waals surface area contributed by atoms with E-state index in [0.717, 1.165) is 38.3 Å². The Labute approximate surface area is 319 Å². The lowest BCUT2D eigenvalue weighted by molar-refractivity contribution is 0.448. The SMILES string of the molecule is c1ccc(Oc2cccc(Oc3ccc4c5ccc(Oc6cccc(Oc7ccccn7)c6)cc5n(-c5ncc(-c6cc7ccccc7o6)cn5)c4c3)c2)nc1. The van der Waals surface area contributed by atoms with Crippen molar-refractivity contribution in [3.05, 3.63) is 176 Å². The predicted molar refractivity (Wildman–Crippen MR) is 213 cm³/mol. The van der Waals surface area contributed by atoms with Crippen molar-refractivity contribution in [2.75, 3.05) is 0 Å². The van der Waals surface area contributed by atoms with E-state index in [1.54, 1.807) is 36.9 Å². The summed E-state index contributed by atoms with van der Waals surface area (Å²) in [5.74, 6) is 5.82. The van der Waals surface area contributed by atoms with E-state index in [1.165, 1.54) is 0 Å². The number of benzene rings is 5. The molecule has 5 heterocycles. The monoisotopic (exact) mass is 731 g/mol. The normalized spacial score (nSPS) is 11.2. The molecule has 0 radical (unpaired) electrons. The topological polar surface area (TPSA) is 107 Å². The Morgan fingerprint density at radius 3 is 1.48 bits per heavy atom. The molecule has 0 saturated heterocycles. The van der Waals surface area contributed by atoms with Gasteiger partial charge in [0.05, 0.1) is 16.6 Å². The summed E-state index contributed by atoms with van der Waals surface area (Å²) in [7, 11) is 0. The molecule has 0 spiro atoms. The Balaban J connectivity index is 1.03. The Bertz CT molecular complexity index is 2810. The van der Waals surface area contributed by atoms with Crippen molar-refractivity contribution in [3.8, 4) is 63.5 Å². The van der Waals surface area contributed by atoms with Crippen molar-refractivity contribution in [2.45, 2.75) is 0 Å². The number of fused-ring (bicyclic) bond motifs is 4. The number of rotatable bonds is 10. The summed E-state index contributed by atoms with van der Waals surface area (Å²) in [6, 6.07) is 47.8. The van der Waals surface area contributed by atoms with Crippen LogP contribution in [0.3, 0.4) is 0 Å². The lowest BCUT2D eigenvalue weighted by Crippen LogP contribution is -2.01. The molecule has 5 aromatic carbocycles. The molecule has 0 fully saturated rings. The van der Waals surface area contributed by atoms with Gasteiger partial charge in [-0.2, -0.15) is 0 Å². The van der Waals surface area contributed by atoms with E-state index < -0.39 is 0 Å². The standard InChI is InChI=1S/C46H29N5O5/c1-2-14-42-30(9-1)23-43(56-42)31-28-49-46(50-29-31)51-40-26-36(52-32-10-7-12-34(24-32)54-44-15-3-5-21-47-44)17-19-38(40)39-20-18-37(27-41(39)51)53-33-11-8-13-35(25-33)55-45-16-4-6-22-48-45/h1-29H. The van der Waals surface area contributed by atoms with Crippen molar-refractivity contribution in [1.82, 2.24) is 24.5 Å². The molecule has 0 N–H and O–H groups in total. The Hall–Kier alpha value is -7.98. The third-order valence-electron chi connectivity index (χ3n) is 9.06. The molecule has 56 heavy (non-hydrogen) atoms. The molecule has 5 aromatic heterocycles. The first-order chi connectivity index (χ1) is 27.7. The molecule has 10 aromatic rings. The molecule has 0 amide bonds. The van der Waals surface area contributed by atoms with Gasteiger partial charge in [-0.15, -0.1) is 0 Å². The zero-order chi connectivity index (χ0) is 37.3. The number of pyridine rings is 2. The van der Waals surface area contributed by atoms with Gasteiger partial charge >= 0.3 is 0 Å². The number of nitrogens with zero attached hydrogens (tertiary/aromatic N) is 5. The summed E-state index contributed by atoms with van der Waals surface area (Å²) < 4.78 is 32.8. The Morgan fingerprint density at radius 2 is 0.946 bits per heavy atom. The first-order valence-electron chi connectivity index (χ1n) is 17.8. The molecule has 0 unspecified atom stereocenters. The van der Waals surface area contributed by atoms with Crippen molar-refractivity contribution in [1.29, 1.82) is 0 Å². The molecule has 0 aliphatic rings. The van der Waals surface area contributed by atoms with Crippen LogP contribution < -0.4 is 18.9 Å². The summed E-state index contributed by atoms with van der Waals surface area (Å²) in [4.78, 5) is 18.3. The molecule has 0 aliphatic carbocycles. The van der Waals surface area contributed by atoms with Gasteiger partial charge in [0.15, 0.2) is 0 Å². The molecule has 0 bridgehead atoms. The van der Waals surface area contributed by atoms with Crippen LogP contribution in [-0.4, -0.2) is 24.5 Å². The van der Waals surface area contributed by atoms with Crippen molar-refractivity contribution < 1.29 is 23.4 Å². The summed E-state index contributed by atoms with van der Waals surface area (Å²) >= 11 is 0. The molecular formula is C46H29N5O5. The molecule has 10 heteroatoms. The maximum atomic E-state index is 6.41. The molecular weight excluding hydrogens is 703 g/mol. The van der Waals surface area contributed by atoms with Crippen LogP contribution >= 0.6 is 0 Å². The second kappa shape index (κ2) is 14.1. The average molecular weight is 732 g/mol. The fourth-order valence-electron chi connectivity index (χ4n) is 6.54. The van der Waals surface area contributed by atoms with Crippen LogP contribution in [0.2, 0.25) is 0 Å². The number of hydrogen-bond donors (Lipinski definition) is 0. The van der Waals surface area contributed by atoms with Crippen LogP contribution in [-0.2, 0) is 0 Å². The third kappa shape index (κ3) is 6.58. The highest BCUT2D eigenvalue weighted by Crippen LogP contribution is 2.38. The smallest absolute Gasteiger partial charge is 0.234 e. The highest BCUT2D eigenvalue weighted by atomic mass is 16.5. The van der Waals surface area contributed by atoms with Gasteiger partial charge in [-0.1, -0.05) is 42.5 Å². The maximum Gasteiger partial charge on any atom is 0.234 e. The lowest BCUT2D eigenvalue weighted by atomic mass is 10.1. The number of hydrogen-bond acceptors (Lipinski definition) is 9. The summed E-state index contributed by atoms with van der Waals surface area (Å²) in [6.07, 6.45) is 6.93. The van der Waals surface area contributed by atoms with Crippen molar-refractivity contribution >= 4 is 32.8 Å². The van der Waals surface area contributed by atoms with Gasteiger partial charge in [0, 0.05) is 77.3 Å². The van der Waals surface area contributed by atoms with Crippen LogP contribution in [0, 0.1) is 0 Å². The molecule has 0 saturated carbocycles. The summed E-state index contributed by atoms with van der Waals surface area (Å²) in [5.41, 5.74) is 3.26. The maximum absolute atomic E-state index is 6.41. The quantitative estimate of drug-likeness (QED) is 0.136. The number of ether oxygens (including phenoxy) is 4. The van der Waals surface area contributed by atoms with E-state index in [9.17, 15) is 0 Å². The van der Waals surface area contributed by atoms with E-state index in [1.807, 2.05) is 144 Å². The number of aromatic nitrogens is 5. The van der Waals surface area contributed by atoms with E-state index >= 15 is 0 Å². The van der Waals surface area contributed by atoms with Gasteiger partial charge in [0.1, 0.15) is 45.8 Å². The van der Waals surface area contributed by atoms with Gasteiger partial charge in [-0.3, -0.25) is 4.57 Å². The van der Waals surface area contributed by atoms with Crippen LogP contribution in [0.1, 0.15) is 0 Å². The molecule has 0 aliphatic heterocycles. The van der Waals surface area contributed by atoms with Gasteiger partial charge < -0.3 is 23.4 Å². The van der Waals surface area contributed by atoms with Gasteiger partial charge in [-0.05, 0) is 72.8 Å². The Kier molecular flexibility index (Phi) is 8.23. The highest BCUT2D eigenvalue weighted by molar-refractivity contribution is 6.09. The van der Waals surface area contributed by atoms with Crippen LogP contribution in [0.25, 0.3) is 50.0 Å². The fourth-order valence-corrected chi connectivity index (χ4v) is 6.54. The third-order valence-corrected chi connectivity index (χ3v) is 9.06. The zero-order valence-electron chi connectivity index (χ0n) is 29.5. The van der Waals surface area contributed by atoms with E-state index in [-0.39, 0.29) is 0 Å². The average Bonchev–Trinajstić information content (AvgIpc) is 3.81. The van der Waals surface area contributed by atoms with E-state index in [2.05, 4.69) is 9.97 Å². The zero-order valence-corrected chi connectivity index (χ0v) is 29.5. The molecule has 10 rings (SSSR count). The number of furan rings is 1. The summed E-state index contributed by atoms with van der Waals surface area (Å²) in [6.45, 7) is 0. The summed E-state index contributed by atoms with van der Waals surface area (Å²) in [5, 5.41) is 2.99.